The van der Waals surface area contributed by atoms with Crippen LogP contribution in [0.25, 0.3) is 16.9 Å². The fraction of sp³-hybridized carbons (Fsp3) is 0.593. The highest BCUT2D eigenvalue weighted by molar-refractivity contribution is 5.87. The molecule has 3 aromatic rings. The van der Waals surface area contributed by atoms with Gasteiger partial charge in [-0.15, -0.1) is 0 Å². The SMILES string of the molecule is CC(=O)OCC(=O)N1CCC(N2CCC(c3nc(-n4nc(C(C)C)c5c(C)ccc(F)c54)no3)CC2)CC1. The van der Waals surface area contributed by atoms with Crippen LogP contribution in [0.5, 0.6) is 0 Å². The molecule has 2 fully saturated rings. The fourth-order valence-corrected chi connectivity index (χ4v) is 5.68. The molecular weight excluding hydrogens is 491 g/mol. The van der Waals surface area contributed by atoms with E-state index in [0.717, 1.165) is 55.4 Å². The molecule has 10 nitrogen and oxygen atoms in total. The summed E-state index contributed by atoms with van der Waals surface area (Å²) >= 11 is 0. The number of ether oxygens (including phenoxy) is 1. The summed E-state index contributed by atoms with van der Waals surface area (Å²) in [5, 5.41) is 9.67. The quantitative estimate of drug-likeness (QED) is 0.448. The second kappa shape index (κ2) is 10.8. The van der Waals surface area contributed by atoms with E-state index in [2.05, 4.69) is 20.1 Å². The van der Waals surface area contributed by atoms with Crippen LogP contribution in [0.2, 0.25) is 0 Å². The van der Waals surface area contributed by atoms with Crippen LogP contribution in [0.3, 0.4) is 0 Å². The molecule has 0 N–H and O–H groups in total. The molecule has 38 heavy (non-hydrogen) atoms. The van der Waals surface area contributed by atoms with E-state index in [1.807, 2.05) is 20.8 Å². The van der Waals surface area contributed by atoms with E-state index in [9.17, 15) is 14.0 Å². The van der Waals surface area contributed by atoms with Crippen molar-refractivity contribution >= 4 is 22.8 Å². The monoisotopic (exact) mass is 526 g/mol. The maximum Gasteiger partial charge on any atom is 0.303 e. The van der Waals surface area contributed by atoms with Crippen molar-refractivity contribution in [3.8, 4) is 5.95 Å². The average Bonchev–Trinajstić information content (AvgIpc) is 3.56. The van der Waals surface area contributed by atoms with Crippen molar-refractivity contribution in [2.75, 3.05) is 32.8 Å². The number of piperidine rings is 2. The van der Waals surface area contributed by atoms with Gasteiger partial charge >= 0.3 is 5.97 Å². The second-order valence-electron chi connectivity index (χ2n) is 10.7. The minimum Gasteiger partial charge on any atom is -0.456 e. The molecule has 2 aliphatic rings. The van der Waals surface area contributed by atoms with Crippen LogP contribution < -0.4 is 0 Å². The Labute approximate surface area is 221 Å². The number of carbonyl (C=O) groups excluding carboxylic acids is 2. The molecule has 0 atom stereocenters. The fourth-order valence-electron chi connectivity index (χ4n) is 5.68. The molecular formula is C27H35FN6O4. The Morgan fingerprint density at radius 1 is 1.13 bits per heavy atom. The summed E-state index contributed by atoms with van der Waals surface area (Å²) < 4.78 is 26.9. The molecule has 11 heteroatoms. The van der Waals surface area contributed by atoms with Crippen molar-refractivity contribution in [3.63, 3.8) is 0 Å². The number of halogens is 1. The standard InChI is InChI=1S/C27H35FN6O4/c1-16(2)24-23-17(3)5-6-21(28)25(23)34(30-24)27-29-26(38-31-27)19-7-11-32(12-8-19)20-9-13-33(14-10-20)22(36)15-37-18(4)35/h5-6,16,19-20H,7-15H2,1-4H3. The summed E-state index contributed by atoms with van der Waals surface area (Å²) in [6.07, 6.45) is 3.57. The first-order valence-corrected chi connectivity index (χ1v) is 13.4. The summed E-state index contributed by atoms with van der Waals surface area (Å²) in [6.45, 7) is 10.3. The maximum absolute atomic E-state index is 14.9. The van der Waals surface area contributed by atoms with Gasteiger partial charge in [-0.1, -0.05) is 19.9 Å². The van der Waals surface area contributed by atoms with Gasteiger partial charge in [-0.2, -0.15) is 14.8 Å². The number of benzene rings is 1. The Bertz CT molecular complexity index is 1320. The van der Waals surface area contributed by atoms with Gasteiger partial charge in [0.25, 0.3) is 11.9 Å². The van der Waals surface area contributed by atoms with E-state index in [-0.39, 0.29) is 36.1 Å². The van der Waals surface area contributed by atoms with Gasteiger partial charge in [-0.05, 0) is 68.4 Å². The molecule has 0 aliphatic carbocycles. The zero-order valence-electron chi connectivity index (χ0n) is 22.4. The highest BCUT2D eigenvalue weighted by Crippen LogP contribution is 2.33. The topological polar surface area (TPSA) is 107 Å². The Balaban J connectivity index is 1.21. The largest absolute Gasteiger partial charge is 0.456 e. The molecule has 0 spiro atoms. The van der Waals surface area contributed by atoms with Gasteiger partial charge < -0.3 is 19.1 Å². The van der Waals surface area contributed by atoms with Gasteiger partial charge in [0.05, 0.1) is 5.69 Å². The number of rotatable bonds is 6. The number of likely N-dealkylation sites (tertiary alicyclic amines) is 2. The first-order chi connectivity index (χ1) is 18.2. The first kappa shape index (κ1) is 26.3. The van der Waals surface area contributed by atoms with Crippen molar-refractivity contribution in [2.45, 2.75) is 71.3 Å². The zero-order valence-corrected chi connectivity index (χ0v) is 22.4. The van der Waals surface area contributed by atoms with Gasteiger partial charge in [0.15, 0.2) is 6.61 Å². The van der Waals surface area contributed by atoms with Crippen LogP contribution in [0, 0.1) is 12.7 Å². The van der Waals surface area contributed by atoms with Gasteiger partial charge in [-0.3, -0.25) is 9.59 Å². The summed E-state index contributed by atoms with van der Waals surface area (Å²) in [5.41, 5.74) is 2.16. The molecule has 1 aromatic carbocycles. The Kier molecular flexibility index (Phi) is 7.47. The van der Waals surface area contributed by atoms with E-state index < -0.39 is 5.97 Å². The molecule has 1 amide bonds. The minimum atomic E-state index is -0.440. The number of hydrogen-bond donors (Lipinski definition) is 0. The summed E-state index contributed by atoms with van der Waals surface area (Å²) in [7, 11) is 0. The van der Waals surface area contributed by atoms with Gasteiger partial charge in [0, 0.05) is 37.4 Å². The second-order valence-corrected chi connectivity index (χ2v) is 10.7. The van der Waals surface area contributed by atoms with Crippen LogP contribution in [-0.4, -0.2) is 80.4 Å². The number of hydrogen-bond acceptors (Lipinski definition) is 8. The number of aromatic nitrogens is 4. The number of amides is 1. The number of fused-ring (bicyclic) bond motifs is 1. The van der Waals surface area contributed by atoms with Crippen LogP contribution in [-0.2, 0) is 14.3 Å². The lowest BCUT2D eigenvalue weighted by molar-refractivity contribution is -0.151. The molecule has 0 saturated carbocycles. The van der Waals surface area contributed by atoms with E-state index >= 15 is 0 Å². The third-order valence-corrected chi connectivity index (χ3v) is 7.79. The molecule has 2 aliphatic heterocycles. The maximum atomic E-state index is 14.9. The van der Waals surface area contributed by atoms with Crippen molar-refractivity contribution in [2.24, 2.45) is 0 Å². The van der Waals surface area contributed by atoms with Crippen molar-refractivity contribution in [1.29, 1.82) is 0 Å². The van der Waals surface area contributed by atoms with Crippen molar-refractivity contribution in [3.05, 3.63) is 35.1 Å². The number of nitrogens with zero attached hydrogens (tertiary/aromatic N) is 6. The molecule has 0 radical (unpaired) electrons. The Morgan fingerprint density at radius 3 is 2.50 bits per heavy atom. The van der Waals surface area contributed by atoms with Gasteiger partial charge in [0.1, 0.15) is 11.3 Å². The summed E-state index contributed by atoms with van der Waals surface area (Å²) in [5.74, 6) is 0.145. The lowest BCUT2D eigenvalue weighted by Gasteiger charge is -2.41. The van der Waals surface area contributed by atoms with Crippen molar-refractivity contribution in [1.82, 2.24) is 29.7 Å². The molecule has 2 saturated heterocycles. The van der Waals surface area contributed by atoms with Gasteiger partial charge in [0.2, 0.25) is 5.89 Å². The van der Waals surface area contributed by atoms with Crippen LogP contribution in [0.1, 0.15) is 75.4 Å². The normalized spacial score (nSPS) is 18.0. The third kappa shape index (κ3) is 5.16. The molecule has 0 unspecified atom stereocenters. The highest BCUT2D eigenvalue weighted by atomic mass is 19.1. The zero-order chi connectivity index (χ0) is 27.0. The smallest absolute Gasteiger partial charge is 0.303 e. The Morgan fingerprint density at radius 2 is 1.84 bits per heavy atom. The van der Waals surface area contributed by atoms with E-state index in [1.165, 1.54) is 17.7 Å². The molecule has 0 bridgehead atoms. The van der Waals surface area contributed by atoms with E-state index in [1.54, 1.807) is 11.0 Å². The lowest BCUT2D eigenvalue weighted by atomic mass is 9.93. The van der Waals surface area contributed by atoms with Crippen LogP contribution in [0.4, 0.5) is 4.39 Å². The van der Waals surface area contributed by atoms with Crippen molar-refractivity contribution < 1.29 is 23.2 Å². The Hall–Kier alpha value is -3.34. The average molecular weight is 527 g/mol. The summed E-state index contributed by atoms with van der Waals surface area (Å²) in [6, 6.07) is 3.65. The molecule has 4 heterocycles. The van der Waals surface area contributed by atoms with Crippen LogP contribution in [0.15, 0.2) is 16.7 Å². The van der Waals surface area contributed by atoms with Crippen LogP contribution >= 0.6 is 0 Å². The molecule has 5 rings (SSSR count). The number of esters is 1. The lowest BCUT2D eigenvalue weighted by Crippen LogP contribution is -2.49. The van der Waals surface area contributed by atoms with Gasteiger partial charge in [-0.25, -0.2) is 4.39 Å². The minimum absolute atomic E-state index is 0.119. The number of carbonyl (C=O) groups is 2. The third-order valence-electron chi connectivity index (χ3n) is 7.79. The number of aryl methyl sites for hydroxylation is 1. The molecule has 204 valence electrons. The highest BCUT2D eigenvalue weighted by Gasteiger charge is 2.32. The molecule has 2 aromatic heterocycles. The predicted octanol–water partition coefficient (Wildman–Crippen LogP) is 3.71. The predicted molar refractivity (Wildman–Crippen MR) is 137 cm³/mol. The summed E-state index contributed by atoms with van der Waals surface area (Å²) in [4.78, 5) is 32.1. The van der Waals surface area contributed by atoms with E-state index in [0.29, 0.717) is 30.5 Å². The first-order valence-electron chi connectivity index (χ1n) is 13.4. The van der Waals surface area contributed by atoms with E-state index in [4.69, 9.17) is 9.26 Å².